The topological polar surface area (TPSA) is 113 Å². The molecule has 0 bridgehead atoms. The summed E-state index contributed by atoms with van der Waals surface area (Å²) in [7, 11) is 0. The predicted octanol–water partition coefficient (Wildman–Crippen LogP) is 1.49. The zero-order chi connectivity index (χ0) is 15.2. The molecule has 1 heterocycles. The fraction of sp³-hybridized carbons (Fsp3) is 0.214. The molecular formula is C14H16N4O3. The summed E-state index contributed by atoms with van der Waals surface area (Å²) in [5.74, 6) is 0.619. The monoisotopic (exact) mass is 288 g/mol. The van der Waals surface area contributed by atoms with Gasteiger partial charge in [-0.25, -0.2) is 4.98 Å². The summed E-state index contributed by atoms with van der Waals surface area (Å²) < 4.78 is 10.8. The molecule has 0 fully saturated rings. The van der Waals surface area contributed by atoms with Crippen molar-refractivity contribution in [2.75, 3.05) is 12.3 Å². The van der Waals surface area contributed by atoms with Gasteiger partial charge in [0.25, 0.3) is 5.91 Å². The number of ether oxygens (including phenoxy) is 2. The van der Waals surface area contributed by atoms with E-state index in [-0.39, 0.29) is 23.9 Å². The van der Waals surface area contributed by atoms with Gasteiger partial charge in [0, 0.05) is 12.7 Å². The van der Waals surface area contributed by atoms with Crippen LogP contribution < -0.4 is 16.2 Å². The maximum Gasteiger partial charge on any atom is 0.252 e. The third-order valence-corrected chi connectivity index (χ3v) is 2.57. The number of amides is 1. The van der Waals surface area contributed by atoms with E-state index in [0.717, 1.165) is 0 Å². The number of para-hydroxylation sites is 1. The predicted molar refractivity (Wildman–Crippen MR) is 76.8 cm³/mol. The number of carbonyl (C=O) groups excluding carboxylic acids is 1. The Morgan fingerprint density at radius 1 is 1.29 bits per heavy atom. The van der Waals surface area contributed by atoms with Gasteiger partial charge in [0.05, 0.1) is 5.56 Å². The SMILES string of the molecule is CCOCc1nc(N)cc(Oc2ccccc2C(N)=O)n1. The zero-order valence-electron chi connectivity index (χ0n) is 11.6. The molecule has 0 saturated carbocycles. The van der Waals surface area contributed by atoms with Gasteiger partial charge in [-0.3, -0.25) is 4.79 Å². The summed E-state index contributed by atoms with van der Waals surface area (Å²) in [5, 5.41) is 0. The number of carbonyl (C=O) groups is 1. The first-order valence-corrected chi connectivity index (χ1v) is 6.38. The molecule has 7 nitrogen and oxygen atoms in total. The van der Waals surface area contributed by atoms with Gasteiger partial charge >= 0.3 is 0 Å². The van der Waals surface area contributed by atoms with E-state index in [1.807, 2.05) is 6.92 Å². The first-order valence-electron chi connectivity index (χ1n) is 6.38. The minimum atomic E-state index is -0.581. The summed E-state index contributed by atoms with van der Waals surface area (Å²) in [6, 6.07) is 8.09. The standard InChI is InChI=1S/C14H16N4O3/c1-2-20-8-12-17-11(15)7-13(18-12)21-10-6-4-3-5-9(10)14(16)19/h3-7H,2,8H2,1H3,(H2,16,19)(H2,15,17,18). The van der Waals surface area contributed by atoms with Crippen LogP contribution in [-0.2, 0) is 11.3 Å². The number of nitrogens with zero attached hydrogens (tertiary/aromatic N) is 2. The van der Waals surface area contributed by atoms with Crippen molar-refractivity contribution in [2.45, 2.75) is 13.5 Å². The summed E-state index contributed by atoms with van der Waals surface area (Å²) in [4.78, 5) is 19.6. The van der Waals surface area contributed by atoms with Gasteiger partial charge in [-0.15, -0.1) is 0 Å². The minimum absolute atomic E-state index is 0.228. The molecule has 1 aromatic carbocycles. The Kier molecular flexibility index (Phi) is 4.68. The molecule has 1 amide bonds. The molecule has 4 N–H and O–H groups in total. The van der Waals surface area contributed by atoms with Crippen LogP contribution in [0.3, 0.4) is 0 Å². The summed E-state index contributed by atoms with van der Waals surface area (Å²) in [6.07, 6.45) is 0. The zero-order valence-corrected chi connectivity index (χ0v) is 11.6. The van der Waals surface area contributed by atoms with Crippen molar-refractivity contribution >= 4 is 11.7 Å². The second kappa shape index (κ2) is 6.67. The fourth-order valence-electron chi connectivity index (χ4n) is 1.67. The molecule has 110 valence electrons. The number of anilines is 1. The first-order chi connectivity index (χ1) is 10.1. The van der Waals surface area contributed by atoms with E-state index in [0.29, 0.717) is 18.2 Å². The van der Waals surface area contributed by atoms with Crippen molar-refractivity contribution in [1.29, 1.82) is 0 Å². The van der Waals surface area contributed by atoms with E-state index in [4.69, 9.17) is 20.9 Å². The first kappa shape index (κ1) is 14.7. The van der Waals surface area contributed by atoms with Crippen LogP contribution in [0.25, 0.3) is 0 Å². The highest BCUT2D eigenvalue weighted by Crippen LogP contribution is 2.24. The Balaban J connectivity index is 2.27. The number of nitrogens with two attached hydrogens (primary N) is 2. The molecule has 0 unspecified atom stereocenters. The quantitative estimate of drug-likeness (QED) is 0.832. The van der Waals surface area contributed by atoms with E-state index >= 15 is 0 Å². The maximum absolute atomic E-state index is 11.4. The van der Waals surface area contributed by atoms with E-state index < -0.39 is 5.91 Å². The largest absolute Gasteiger partial charge is 0.438 e. The van der Waals surface area contributed by atoms with Gasteiger partial charge in [-0.2, -0.15) is 4.98 Å². The van der Waals surface area contributed by atoms with Gasteiger partial charge in [0.1, 0.15) is 18.2 Å². The highest BCUT2D eigenvalue weighted by molar-refractivity contribution is 5.95. The molecule has 0 aliphatic rings. The third kappa shape index (κ3) is 3.90. The van der Waals surface area contributed by atoms with Gasteiger partial charge in [0.15, 0.2) is 5.82 Å². The minimum Gasteiger partial charge on any atom is -0.438 e. The average molecular weight is 288 g/mol. The Morgan fingerprint density at radius 2 is 2.05 bits per heavy atom. The molecule has 0 atom stereocenters. The van der Waals surface area contributed by atoms with E-state index in [1.165, 1.54) is 6.07 Å². The van der Waals surface area contributed by atoms with Crippen LogP contribution in [0.15, 0.2) is 30.3 Å². The third-order valence-electron chi connectivity index (χ3n) is 2.57. The summed E-state index contributed by atoms with van der Waals surface area (Å²) in [6.45, 7) is 2.64. The average Bonchev–Trinajstić information content (AvgIpc) is 2.45. The Hall–Kier alpha value is -2.67. The van der Waals surface area contributed by atoms with Crippen LogP contribution >= 0.6 is 0 Å². The van der Waals surface area contributed by atoms with Gasteiger partial charge in [-0.1, -0.05) is 12.1 Å². The number of primary amides is 1. The number of hydrogen-bond donors (Lipinski definition) is 2. The lowest BCUT2D eigenvalue weighted by Crippen LogP contribution is -2.12. The van der Waals surface area contributed by atoms with Gasteiger partial charge < -0.3 is 20.9 Å². The normalized spacial score (nSPS) is 10.3. The van der Waals surface area contributed by atoms with Crippen LogP contribution in [0.1, 0.15) is 23.1 Å². The summed E-state index contributed by atoms with van der Waals surface area (Å²) in [5.41, 5.74) is 11.3. The lowest BCUT2D eigenvalue weighted by Gasteiger charge is -2.09. The van der Waals surface area contributed by atoms with E-state index in [2.05, 4.69) is 9.97 Å². The molecule has 0 spiro atoms. The molecule has 2 aromatic rings. The van der Waals surface area contributed by atoms with Crippen LogP contribution in [0, 0.1) is 0 Å². The molecule has 7 heteroatoms. The van der Waals surface area contributed by atoms with Crippen molar-refractivity contribution in [1.82, 2.24) is 9.97 Å². The lowest BCUT2D eigenvalue weighted by molar-refractivity contribution is 0.0998. The highest BCUT2D eigenvalue weighted by Gasteiger charge is 2.11. The molecule has 0 saturated heterocycles. The molecule has 21 heavy (non-hydrogen) atoms. The fourth-order valence-corrected chi connectivity index (χ4v) is 1.67. The van der Waals surface area contributed by atoms with Crippen LogP contribution in [0.5, 0.6) is 11.6 Å². The highest BCUT2D eigenvalue weighted by atomic mass is 16.5. The second-order valence-electron chi connectivity index (χ2n) is 4.15. The van der Waals surface area contributed by atoms with Crippen molar-refractivity contribution in [2.24, 2.45) is 5.73 Å². The maximum atomic E-state index is 11.4. The molecule has 0 radical (unpaired) electrons. The lowest BCUT2D eigenvalue weighted by atomic mass is 10.2. The Bertz CT molecular complexity index is 646. The van der Waals surface area contributed by atoms with Crippen molar-refractivity contribution < 1.29 is 14.3 Å². The Morgan fingerprint density at radius 3 is 2.76 bits per heavy atom. The van der Waals surface area contributed by atoms with Crippen molar-refractivity contribution in [3.05, 3.63) is 41.7 Å². The molecule has 0 aliphatic heterocycles. The molecule has 1 aromatic heterocycles. The molecular weight excluding hydrogens is 272 g/mol. The van der Waals surface area contributed by atoms with Gasteiger partial charge in [-0.05, 0) is 19.1 Å². The van der Waals surface area contributed by atoms with Gasteiger partial charge in [0.2, 0.25) is 5.88 Å². The van der Waals surface area contributed by atoms with Crippen LogP contribution in [-0.4, -0.2) is 22.5 Å². The second-order valence-corrected chi connectivity index (χ2v) is 4.15. The number of hydrogen-bond acceptors (Lipinski definition) is 6. The van der Waals surface area contributed by atoms with Crippen molar-refractivity contribution in [3.8, 4) is 11.6 Å². The molecule has 2 rings (SSSR count). The number of aromatic nitrogens is 2. The van der Waals surface area contributed by atoms with Crippen molar-refractivity contribution in [3.63, 3.8) is 0 Å². The number of rotatable bonds is 6. The molecule has 0 aliphatic carbocycles. The Labute approximate surface area is 121 Å². The summed E-state index contributed by atoms with van der Waals surface area (Å²) >= 11 is 0. The van der Waals surface area contributed by atoms with Crippen LogP contribution in [0.4, 0.5) is 5.82 Å². The number of nitrogen functional groups attached to an aromatic ring is 1. The number of benzene rings is 1. The van der Waals surface area contributed by atoms with E-state index in [9.17, 15) is 4.79 Å². The van der Waals surface area contributed by atoms with Crippen LogP contribution in [0.2, 0.25) is 0 Å². The smallest absolute Gasteiger partial charge is 0.252 e. The van der Waals surface area contributed by atoms with E-state index in [1.54, 1.807) is 24.3 Å².